The van der Waals surface area contributed by atoms with Crippen molar-refractivity contribution in [1.82, 2.24) is 14.2 Å². The molecular weight excluding hydrogens is 449 g/mol. The summed E-state index contributed by atoms with van der Waals surface area (Å²) in [6.45, 7) is 1.44. The summed E-state index contributed by atoms with van der Waals surface area (Å²) in [4.78, 5) is 26.1. The lowest BCUT2D eigenvalue weighted by Gasteiger charge is -2.28. The molecule has 1 fully saturated rings. The van der Waals surface area contributed by atoms with Gasteiger partial charge in [-0.15, -0.1) is 0 Å². The monoisotopic (exact) mass is 475 g/mol. The van der Waals surface area contributed by atoms with Crippen molar-refractivity contribution < 1.29 is 22.7 Å². The predicted octanol–water partition coefficient (Wildman–Crippen LogP) is 1.26. The Morgan fingerprint density at radius 2 is 2.00 bits per heavy atom. The summed E-state index contributed by atoms with van der Waals surface area (Å²) in [6.07, 6.45) is 4.44. The zero-order valence-electron chi connectivity index (χ0n) is 18.3. The third kappa shape index (κ3) is 4.03. The third-order valence-electron chi connectivity index (χ3n) is 6.46. The molecule has 2 aliphatic rings. The van der Waals surface area contributed by atoms with Crippen molar-refractivity contribution in [2.75, 3.05) is 12.9 Å². The highest BCUT2D eigenvalue weighted by Crippen LogP contribution is 2.50. The topological polar surface area (TPSA) is 109 Å². The van der Waals surface area contributed by atoms with Crippen LogP contribution in [0.1, 0.15) is 29.8 Å². The lowest BCUT2D eigenvalue weighted by Crippen LogP contribution is -2.50. The van der Waals surface area contributed by atoms with Crippen molar-refractivity contribution in [3.8, 4) is 0 Å². The van der Waals surface area contributed by atoms with Crippen LogP contribution in [0, 0.1) is 17.7 Å². The number of amides is 1. The summed E-state index contributed by atoms with van der Waals surface area (Å²) in [5.74, 6) is -2.28. The van der Waals surface area contributed by atoms with Crippen molar-refractivity contribution >= 4 is 22.0 Å². The molecule has 2 N–H and O–H groups in total. The molecule has 3 heterocycles. The Bertz CT molecular complexity index is 1270. The number of halogens is 1. The van der Waals surface area contributed by atoms with Gasteiger partial charge in [-0.2, -0.15) is 4.31 Å². The van der Waals surface area contributed by atoms with E-state index < -0.39 is 52.3 Å². The second kappa shape index (κ2) is 8.85. The maximum absolute atomic E-state index is 14.0. The summed E-state index contributed by atoms with van der Waals surface area (Å²) in [7, 11) is -3.90. The van der Waals surface area contributed by atoms with Crippen LogP contribution in [0.15, 0.2) is 47.3 Å². The minimum atomic E-state index is -3.90. The Hall–Kier alpha value is -2.82. The highest BCUT2D eigenvalue weighted by atomic mass is 32.2. The van der Waals surface area contributed by atoms with Crippen molar-refractivity contribution in [2.24, 2.45) is 11.8 Å². The smallest absolute Gasteiger partial charge is 0.258 e. The number of aromatic nitrogens is 1. The molecule has 2 aliphatic heterocycles. The van der Waals surface area contributed by atoms with E-state index in [-0.39, 0.29) is 24.2 Å². The van der Waals surface area contributed by atoms with Crippen molar-refractivity contribution in [1.29, 1.82) is 0 Å². The SMILES string of the molecule is C/C=C/c1ccc2n(c1=O)C[C@H]1[C@H](CO)[C@@H](C(=O)NCc3ccccc3F)N(S(C)(=O)=O)[C@@H]21. The number of rotatable bonds is 6. The van der Waals surface area contributed by atoms with Crippen LogP contribution in [0.2, 0.25) is 0 Å². The molecule has 8 nitrogen and oxygen atoms in total. The maximum atomic E-state index is 14.0. The molecule has 1 amide bonds. The number of benzene rings is 1. The normalized spacial score (nSPS) is 24.7. The molecule has 0 saturated carbocycles. The van der Waals surface area contributed by atoms with E-state index in [4.69, 9.17) is 0 Å². The van der Waals surface area contributed by atoms with Gasteiger partial charge in [-0.1, -0.05) is 30.4 Å². The van der Waals surface area contributed by atoms with E-state index in [1.807, 2.05) is 0 Å². The fraction of sp³-hybridized carbons (Fsp3) is 0.391. The summed E-state index contributed by atoms with van der Waals surface area (Å²) >= 11 is 0. The van der Waals surface area contributed by atoms with Gasteiger partial charge in [0.1, 0.15) is 11.9 Å². The van der Waals surface area contributed by atoms with Crippen LogP contribution in [0.5, 0.6) is 0 Å². The molecule has 0 radical (unpaired) electrons. The van der Waals surface area contributed by atoms with Crippen molar-refractivity contribution in [2.45, 2.75) is 32.1 Å². The van der Waals surface area contributed by atoms with E-state index >= 15 is 0 Å². The first-order chi connectivity index (χ1) is 15.7. The van der Waals surface area contributed by atoms with Gasteiger partial charge in [0.2, 0.25) is 15.9 Å². The number of allylic oxidation sites excluding steroid dienone is 1. The number of carbonyl (C=O) groups excluding carboxylic acids is 1. The van der Waals surface area contributed by atoms with Gasteiger partial charge in [-0.25, -0.2) is 12.8 Å². The van der Waals surface area contributed by atoms with E-state index in [1.54, 1.807) is 37.3 Å². The molecule has 4 rings (SSSR count). The Balaban J connectivity index is 1.71. The molecule has 0 bridgehead atoms. The van der Waals surface area contributed by atoms with Gasteiger partial charge in [-0.3, -0.25) is 9.59 Å². The van der Waals surface area contributed by atoms with Gasteiger partial charge < -0.3 is 15.0 Å². The second-order valence-corrected chi connectivity index (χ2v) is 10.3. The summed E-state index contributed by atoms with van der Waals surface area (Å²) in [5.41, 5.74) is 0.994. The average molecular weight is 476 g/mol. The standard InChI is InChI=1S/C23H26FN3O5S/c1-3-6-14-9-10-19-20-16(12-26(19)23(14)30)17(13-28)21(27(20)33(2,31)32)22(29)25-11-15-7-4-5-8-18(15)24/h3-10,16-17,20-21,28H,11-13H2,1-2H3,(H,25,29)/b6-3+/t16-,17-,20+,21-/m0/s1. The summed E-state index contributed by atoms with van der Waals surface area (Å²) in [6, 6.07) is 7.39. The molecular formula is C23H26FN3O5S. The van der Waals surface area contributed by atoms with Crippen LogP contribution < -0.4 is 10.9 Å². The van der Waals surface area contributed by atoms with Gasteiger partial charge in [-0.05, 0) is 25.1 Å². The molecule has 0 aliphatic carbocycles. The summed E-state index contributed by atoms with van der Waals surface area (Å²) < 4.78 is 42.3. The summed E-state index contributed by atoms with van der Waals surface area (Å²) in [5, 5.41) is 12.8. The van der Waals surface area contributed by atoms with E-state index in [1.165, 1.54) is 22.8 Å². The van der Waals surface area contributed by atoms with Crippen molar-refractivity contribution in [3.63, 3.8) is 0 Å². The first kappa shape index (κ1) is 23.3. The van der Waals surface area contributed by atoms with E-state index in [9.17, 15) is 27.5 Å². The number of hydrogen-bond donors (Lipinski definition) is 2. The van der Waals surface area contributed by atoms with Gasteiger partial charge in [0.05, 0.1) is 12.3 Å². The fourth-order valence-electron chi connectivity index (χ4n) is 5.06. The van der Waals surface area contributed by atoms with Crippen molar-refractivity contribution in [3.05, 3.63) is 75.5 Å². The highest BCUT2D eigenvalue weighted by molar-refractivity contribution is 7.88. The van der Waals surface area contributed by atoms with Gasteiger partial charge in [0, 0.05) is 48.4 Å². The highest BCUT2D eigenvalue weighted by Gasteiger charge is 2.58. The zero-order chi connectivity index (χ0) is 23.9. The Labute approximate surface area is 191 Å². The number of fused-ring (bicyclic) bond motifs is 3. The number of sulfonamides is 1. The number of carbonyl (C=O) groups is 1. The molecule has 1 saturated heterocycles. The minimum Gasteiger partial charge on any atom is -0.396 e. The van der Waals surface area contributed by atoms with Crippen LogP contribution in [-0.4, -0.2) is 47.2 Å². The van der Waals surface area contributed by atoms with Crippen LogP contribution in [-0.2, 0) is 27.9 Å². The Morgan fingerprint density at radius 1 is 1.27 bits per heavy atom. The molecule has 1 aromatic carbocycles. The average Bonchev–Trinajstić information content (AvgIpc) is 3.29. The largest absolute Gasteiger partial charge is 0.396 e. The van der Waals surface area contributed by atoms with Crippen LogP contribution in [0.3, 0.4) is 0 Å². The lowest BCUT2D eigenvalue weighted by molar-refractivity contribution is -0.126. The molecule has 0 unspecified atom stereocenters. The maximum Gasteiger partial charge on any atom is 0.258 e. The molecule has 2 aromatic rings. The first-order valence-corrected chi connectivity index (χ1v) is 12.5. The molecule has 4 atom stereocenters. The Kier molecular flexibility index (Phi) is 6.26. The van der Waals surface area contributed by atoms with Crippen LogP contribution in [0.25, 0.3) is 6.08 Å². The molecule has 10 heteroatoms. The number of pyridine rings is 1. The van der Waals surface area contributed by atoms with Gasteiger partial charge >= 0.3 is 0 Å². The Morgan fingerprint density at radius 3 is 2.64 bits per heavy atom. The van der Waals surface area contributed by atoms with Crippen LogP contribution in [0.4, 0.5) is 4.39 Å². The quantitative estimate of drug-likeness (QED) is 0.654. The number of nitrogens with zero attached hydrogens (tertiary/aromatic N) is 2. The first-order valence-electron chi connectivity index (χ1n) is 10.7. The molecule has 33 heavy (non-hydrogen) atoms. The third-order valence-corrected chi connectivity index (χ3v) is 7.68. The lowest BCUT2D eigenvalue weighted by atomic mass is 9.88. The fourth-order valence-corrected chi connectivity index (χ4v) is 6.41. The zero-order valence-corrected chi connectivity index (χ0v) is 19.1. The molecule has 0 spiro atoms. The van der Waals surface area contributed by atoms with E-state index in [0.717, 1.165) is 10.6 Å². The second-order valence-electron chi connectivity index (χ2n) is 8.43. The predicted molar refractivity (Wildman–Crippen MR) is 121 cm³/mol. The van der Waals surface area contributed by atoms with E-state index in [0.29, 0.717) is 11.3 Å². The minimum absolute atomic E-state index is 0.115. The van der Waals surface area contributed by atoms with Crippen LogP contribution >= 0.6 is 0 Å². The molecule has 1 aromatic heterocycles. The van der Waals surface area contributed by atoms with E-state index in [2.05, 4.69) is 5.32 Å². The number of nitrogens with one attached hydrogen (secondary N) is 1. The number of aliphatic hydroxyl groups excluding tert-OH is 1. The van der Waals surface area contributed by atoms with Gasteiger partial charge in [0.25, 0.3) is 5.56 Å². The molecule has 176 valence electrons. The number of hydrogen-bond acceptors (Lipinski definition) is 5. The van der Waals surface area contributed by atoms with Gasteiger partial charge in [0.15, 0.2) is 0 Å². The number of aliphatic hydroxyl groups is 1.